The quantitative estimate of drug-likeness (QED) is 0.0653. The van der Waals surface area contributed by atoms with Gasteiger partial charge < -0.3 is 24.2 Å². The molecule has 9 rings (SSSR count). The SMILES string of the molecule is CC(C)(C(=O)O)c1ccc(C(=O)CCCN2CCC(c3cn(CC4CC4)c4ccccc34)CC2)cc1.CCCCCn1cc(C2CCN(Cc3cccc(C(=O)O)c3)CC2)c2ccc(F)cc21. The zero-order valence-electron chi connectivity index (χ0n) is 39.8. The summed E-state index contributed by atoms with van der Waals surface area (Å²) < 4.78 is 18.7. The minimum Gasteiger partial charge on any atom is -0.481 e. The largest absolute Gasteiger partial charge is 0.481 e. The molecule has 0 amide bonds. The second-order valence-corrected chi connectivity index (χ2v) is 20.0. The van der Waals surface area contributed by atoms with E-state index in [0.717, 1.165) is 95.0 Å². The molecule has 67 heavy (non-hydrogen) atoms. The van der Waals surface area contributed by atoms with Crippen LogP contribution in [0, 0.1) is 11.7 Å². The summed E-state index contributed by atoms with van der Waals surface area (Å²) in [5.74, 6) is 0.165. The summed E-state index contributed by atoms with van der Waals surface area (Å²) in [4.78, 5) is 40.3. The highest BCUT2D eigenvalue weighted by atomic mass is 19.1. The molecule has 0 spiro atoms. The van der Waals surface area contributed by atoms with E-state index < -0.39 is 17.4 Å². The fourth-order valence-corrected chi connectivity index (χ4v) is 10.4. The number of aromatic carboxylic acids is 1. The average molecular weight is 909 g/mol. The van der Waals surface area contributed by atoms with Gasteiger partial charge in [0, 0.05) is 60.3 Å². The Balaban J connectivity index is 0.000000184. The standard InChI is InChI=1S/C31H38N2O3.C26H31FN2O2/c1-31(2,30(35)36)25-13-11-24(12-14-25)29(34)8-5-17-32-18-15-23(16-19-32)27-21-33(20-22-9-10-22)28-7-4-3-6-26(27)28;1-2-3-4-12-29-18-24(23-9-8-22(27)16-25(23)29)20-10-13-28(14-11-20)17-19-6-5-7-21(15-19)26(30)31/h3-4,6-7,11-14,21-23H,5,8-10,15-20H2,1-2H3,(H,35,36);5-9,15-16,18,20H,2-4,10-14,17H2,1H3,(H,30,31). The lowest BCUT2D eigenvalue weighted by Gasteiger charge is -2.32. The van der Waals surface area contributed by atoms with Crippen molar-refractivity contribution in [2.24, 2.45) is 5.92 Å². The first kappa shape index (κ1) is 47.9. The molecule has 4 aromatic carbocycles. The van der Waals surface area contributed by atoms with E-state index >= 15 is 0 Å². The molecular weight excluding hydrogens is 840 g/mol. The van der Waals surface area contributed by atoms with E-state index in [2.05, 4.69) is 62.5 Å². The van der Waals surface area contributed by atoms with Crippen molar-refractivity contribution in [3.8, 4) is 0 Å². The Labute approximate surface area is 395 Å². The van der Waals surface area contributed by atoms with Gasteiger partial charge in [0.05, 0.1) is 16.5 Å². The summed E-state index contributed by atoms with van der Waals surface area (Å²) in [6, 6.07) is 28.4. The lowest BCUT2D eigenvalue weighted by Crippen LogP contribution is -2.33. The number of Topliss-reactive ketones (excluding diaryl/α,β-unsaturated/α-hetero) is 1. The van der Waals surface area contributed by atoms with Crippen molar-refractivity contribution in [3.05, 3.63) is 143 Å². The van der Waals surface area contributed by atoms with E-state index in [1.54, 1.807) is 62.4 Å². The van der Waals surface area contributed by atoms with Crippen LogP contribution in [-0.4, -0.2) is 79.6 Å². The number of halogens is 1. The Bertz CT molecular complexity index is 2640. The molecule has 0 unspecified atom stereocenters. The summed E-state index contributed by atoms with van der Waals surface area (Å²) in [6.45, 7) is 13.5. The predicted molar refractivity (Wildman–Crippen MR) is 266 cm³/mol. The Kier molecular flexibility index (Phi) is 15.4. The normalized spacial score (nSPS) is 16.6. The first-order valence-electron chi connectivity index (χ1n) is 24.9. The van der Waals surface area contributed by atoms with Crippen molar-refractivity contribution in [2.75, 3.05) is 32.7 Å². The maximum Gasteiger partial charge on any atom is 0.335 e. The molecule has 1 aliphatic carbocycles. The highest BCUT2D eigenvalue weighted by Crippen LogP contribution is 2.38. The number of unbranched alkanes of at least 4 members (excludes halogenated alkanes) is 2. The first-order chi connectivity index (χ1) is 32.4. The molecule has 2 saturated heterocycles. The number of carbonyl (C=O) groups excluding carboxylic acids is 1. The maximum absolute atomic E-state index is 13.9. The number of piperidine rings is 2. The summed E-state index contributed by atoms with van der Waals surface area (Å²) in [7, 11) is 0. The van der Waals surface area contributed by atoms with Gasteiger partial charge in [0.2, 0.25) is 0 Å². The van der Waals surface area contributed by atoms with Gasteiger partial charge in [-0.25, -0.2) is 9.18 Å². The predicted octanol–water partition coefficient (Wildman–Crippen LogP) is 12.3. The molecule has 1 saturated carbocycles. The number of likely N-dealkylation sites (tertiary alicyclic amines) is 2. The number of fused-ring (bicyclic) bond motifs is 2. The lowest BCUT2D eigenvalue weighted by molar-refractivity contribution is -0.142. The Morgan fingerprint density at radius 1 is 0.657 bits per heavy atom. The third-order valence-corrected chi connectivity index (χ3v) is 14.8. The van der Waals surface area contributed by atoms with Crippen molar-refractivity contribution in [1.82, 2.24) is 18.9 Å². The highest BCUT2D eigenvalue weighted by molar-refractivity contribution is 5.96. The van der Waals surface area contributed by atoms with Crippen LogP contribution in [0.3, 0.4) is 0 Å². The molecule has 4 heterocycles. The molecule has 0 atom stereocenters. The number of benzene rings is 4. The molecule has 0 bridgehead atoms. The van der Waals surface area contributed by atoms with Gasteiger partial charge in [-0.3, -0.25) is 14.5 Å². The number of carbonyl (C=O) groups is 3. The van der Waals surface area contributed by atoms with E-state index in [0.29, 0.717) is 34.9 Å². The minimum atomic E-state index is -0.959. The van der Waals surface area contributed by atoms with Crippen LogP contribution in [0.15, 0.2) is 103 Å². The van der Waals surface area contributed by atoms with Crippen LogP contribution in [0.25, 0.3) is 21.8 Å². The molecule has 2 N–H and O–H groups in total. The molecule has 2 aliphatic heterocycles. The number of hydrogen-bond acceptors (Lipinski definition) is 5. The zero-order chi connectivity index (χ0) is 47.1. The average Bonchev–Trinajstić information content (AvgIpc) is 3.99. The number of nitrogens with zero attached hydrogens (tertiary/aromatic N) is 4. The molecular formula is C57H69FN4O5. The maximum atomic E-state index is 13.9. The number of ketones is 1. The van der Waals surface area contributed by atoms with Crippen molar-refractivity contribution in [1.29, 1.82) is 0 Å². The number of aliphatic carboxylic acids is 1. The lowest BCUT2D eigenvalue weighted by atomic mass is 9.84. The number of rotatable bonds is 18. The molecule has 10 heteroatoms. The minimum absolute atomic E-state index is 0.132. The van der Waals surface area contributed by atoms with Gasteiger partial charge in [0.1, 0.15) is 5.82 Å². The number of aromatic nitrogens is 2. The number of carboxylic acids is 2. The summed E-state index contributed by atoms with van der Waals surface area (Å²) in [6.07, 6.45) is 16.8. The van der Waals surface area contributed by atoms with Gasteiger partial charge in [-0.2, -0.15) is 0 Å². The van der Waals surface area contributed by atoms with Gasteiger partial charge in [-0.05, 0) is 174 Å². The first-order valence-corrected chi connectivity index (χ1v) is 24.9. The molecule has 6 aromatic rings. The highest BCUT2D eigenvalue weighted by Gasteiger charge is 2.30. The Hall–Kier alpha value is -5.58. The summed E-state index contributed by atoms with van der Waals surface area (Å²) >= 11 is 0. The fraction of sp³-hybridized carbons (Fsp3) is 0.456. The van der Waals surface area contributed by atoms with E-state index in [9.17, 15) is 29.0 Å². The van der Waals surface area contributed by atoms with Crippen LogP contribution < -0.4 is 0 Å². The fourth-order valence-electron chi connectivity index (χ4n) is 10.4. The monoisotopic (exact) mass is 909 g/mol. The van der Waals surface area contributed by atoms with Crippen molar-refractivity contribution in [2.45, 2.75) is 128 Å². The van der Waals surface area contributed by atoms with Crippen LogP contribution in [0.5, 0.6) is 0 Å². The van der Waals surface area contributed by atoms with Gasteiger partial charge >= 0.3 is 11.9 Å². The van der Waals surface area contributed by atoms with Gasteiger partial charge in [-0.1, -0.05) is 74.4 Å². The van der Waals surface area contributed by atoms with Crippen LogP contribution in [0.2, 0.25) is 0 Å². The van der Waals surface area contributed by atoms with Gasteiger partial charge in [-0.15, -0.1) is 0 Å². The molecule has 3 fully saturated rings. The van der Waals surface area contributed by atoms with Gasteiger partial charge in [0.15, 0.2) is 5.78 Å². The van der Waals surface area contributed by atoms with E-state index in [1.807, 2.05) is 18.2 Å². The van der Waals surface area contributed by atoms with E-state index in [-0.39, 0.29) is 11.6 Å². The van der Waals surface area contributed by atoms with Crippen LogP contribution in [0.4, 0.5) is 4.39 Å². The third kappa shape index (κ3) is 11.8. The number of para-hydroxylation sites is 1. The van der Waals surface area contributed by atoms with Crippen LogP contribution in [0.1, 0.15) is 146 Å². The van der Waals surface area contributed by atoms with Crippen LogP contribution in [-0.2, 0) is 29.8 Å². The van der Waals surface area contributed by atoms with Gasteiger partial charge in [0.25, 0.3) is 0 Å². The molecule has 0 radical (unpaired) electrons. The second-order valence-electron chi connectivity index (χ2n) is 20.0. The summed E-state index contributed by atoms with van der Waals surface area (Å²) in [5.41, 5.74) is 7.08. The molecule has 3 aliphatic rings. The molecule has 2 aromatic heterocycles. The number of aryl methyl sites for hydroxylation is 1. The van der Waals surface area contributed by atoms with Crippen molar-refractivity contribution >= 4 is 39.5 Å². The third-order valence-electron chi connectivity index (χ3n) is 14.8. The topological polar surface area (TPSA) is 108 Å². The Morgan fingerprint density at radius 2 is 1.31 bits per heavy atom. The smallest absolute Gasteiger partial charge is 0.335 e. The van der Waals surface area contributed by atoms with E-state index in [4.69, 9.17) is 0 Å². The van der Waals surface area contributed by atoms with Crippen molar-refractivity contribution < 1.29 is 29.0 Å². The van der Waals surface area contributed by atoms with E-state index in [1.165, 1.54) is 65.9 Å². The molecule has 9 nitrogen and oxygen atoms in total. The number of hydrogen-bond donors (Lipinski definition) is 2. The van der Waals surface area contributed by atoms with Crippen molar-refractivity contribution in [3.63, 3.8) is 0 Å². The second kappa shape index (κ2) is 21.6. The Morgan fingerprint density at radius 3 is 1.97 bits per heavy atom. The zero-order valence-corrected chi connectivity index (χ0v) is 39.8. The summed E-state index contributed by atoms with van der Waals surface area (Å²) in [5, 5.41) is 21.2. The molecule has 354 valence electrons. The number of carboxylic acid groups (broad SMARTS) is 2. The van der Waals surface area contributed by atoms with Crippen LogP contribution >= 0.6 is 0 Å².